The van der Waals surface area contributed by atoms with Crippen LogP contribution in [0.15, 0.2) is 12.7 Å². The highest BCUT2D eigenvalue weighted by Gasteiger charge is 2.31. The van der Waals surface area contributed by atoms with E-state index >= 15 is 0 Å². The van der Waals surface area contributed by atoms with E-state index in [1.165, 1.54) is 6.08 Å². The second kappa shape index (κ2) is 6.05. The average molecular weight is 224 g/mol. The molecule has 16 heavy (non-hydrogen) atoms. The number of nitrogens with one attached hydrogen (secondary N) is 2. The molecule has 0 bridgehead atoms. The Bertz CT molecular complexity index is 298. The first-order valence-corrected chi connectivity index (χ1v) is 5.31. The van der Waals surface area contributed by atoms with E-state index in [1.807, 2.05) is 0 Å². The molecule has 0 heterocycles. The standard InChI is InChI=1S/C11H16N2O3/c1-2-5-12-11(16)10(15)9(13-7-14)6-8-3-4-8/h2,7-9H,1,3-6H2,(H,12,16)(H,13,14). The molecule has 0 aromatic heterocycles. The molecule has 0 aromatic rings. The fourth-order valence-electron chi connectivity index (χ4n) is 1.43. The van der Waals surface area contributed by atoms with Crippen molar-refractivity contribution in [1.82, 2.24) is 10.6 Å². The number of Topliss-reactive ketones (excluding diaryl/α,β-unsaturated/α-hetero) is 1. The summed E-state index contributed by atoms with van der Waals surface area (Å²) < 4.78 is 0. The summed E-state index contributed by atoms with van der Waals surface area (Å²) in [6, 6.07) is -0.685. The third-order valence-corrected chi connectivity index (χ3v) is 2.48. The Labute approximate surface area is 94.3 Å². The molecule has 5 heteroatoms. The van der Waals surface area contributed by atoms with E-state index in [0.29, 0.717) is 18.7 Å². The Kier molecular flexibility index (Phi) is 4.69. The maximum absolute atomic E-state index is 11.6. The van der Waals surface area contributed by atoms with Gasteiger partial charge in [-0.05, 0) is 12.3 Å². The molecule has 1 unspecified atom stereocenters. The van der Waals surface area contributed by atoms with Gasteiger partial charge in [-0.15, -0.1) is 6.58 Å². The summed E-state index contributed by atoms with van der Waals surface area (Å²) in [7, 11) is 0. The van der Waals surface area contributed by atoms with Crippen LogP contribution in [0.25, 0.3) is 0 Å². The molecule has 1 rings (SSSR count). The van der Waals surface area contributed by atoms with Crippen molar-refractivity contribution >= 4 is 18.1 Å². The van der Waals surface area contributed by atoms with Crippen LogP contribution in [-0.2, 0) is 14.4 Å². The third-order valence-electron chi connectivity index (χ3n) is 2.48. The van der Waals surface area contributed by atoms with Crippen molar-refractivity contribution in [2.75, 3.05) is 6.54 Å². The maximum atomic E-state index is 11.6. The zero-order valence-electron chi connectivity index (χ0n) is 9.07. The van der Waals surface area contributed by atoms with E-state index < -0.39 is 17.7 Å². The summed E-state index contributed by atoms with van der Waals surface area (Å²) in [5.41, 5.74) is 0. The fourth-order valence-corrected chi connectivity index (χ4v) is 1.43. The zero-order valence-corrected chi connectivity index (χ0v) is 9.07. The second-order valence-corrected chi connectivity index (χ2v) is 3.88. The summed E-state index contributed by atoms with van der Waals surface area (Å²) in [5.74, 6) is -0.783. The lowest BCUT2D eigenvalue weighted by molar-refractivity contribution is -0.139. The topological polar surface area (TPSA) is 75.3 Å². The van der Waals surface area contributed by atoms with Gasteiger partial charge in [0, 0.05) is 6.54 Å². The number of hydrogen-bond donors (Lipinski definition) is 2. The SMILES string of the molecule is C=CCNC(=O)C(=O)C(CC1CC1)NC=O. The van der Waals surface area contributed by atoms with Crippen molar-refractivity contribution in [2.24, 2.45) is 5.92 Å². The van der Waals surface area contributed by atoms with E-state index in [2.05, 4.69) is 17.2 Å². The molecule has 0 radical (unpaired) electrons. The number of hydrogen-bond acceptors (Lipinski definition) is 3. The van der Waals surface area contributed by atoms with Crippen molar-refractivity contribution in [3.63, 3.8) is 0 Å². The Morgan fingerprint density at radius 3 is 2.62 bits per heavy atom. The molecule has 0 saturated heterocycles. The third kappa shape index (κ3) is 3.84. The maximum Gasteiger partial charge on any atom is 0.289 e. The van der Waals surface area contributed by atoms with Crippen molar-refractivity contribution < 1.29 is 14.4 Å². The van der Waals surface area contributed by atoms with Gasteiger partial charge in [-0.3, -0.25) is 14.4 Å². The number of carbonyl (C=O) groups excluding carboxylic acids is 3. The molecule has 2 N–H and O–H groups in total. The van der Waals surface area contributed by atoms with Crippen LogP contribution < -0.4 is 10.6 Å². The van der Waals surface area contributed by atoms with Crippen LogP contribution in [0, 0.1) is 5.92 Å². The normalized spacial score (nSPS) is 16.0. The van der Waals surface area contributed by atoms with Crippen LogP contribution in [0.1, 0.15) is 19.3 Å². The molecule has 1 aliphatic carbocycles. The first-order chi connectivity index (χ1) is 7.69. The van der Waals surface area contributed by atoms with Gasteiger partial charge in [0.25, 0.3) is 5.91 Å². The van der Waals surface area contributed by atoms with Crippen LogP contribution in [-0.4, -0.2) is 30.7 Å². The van der Waals surface area contributed by atoms with Gasteiger partial charge in [0.1, 0.15) is 0 Å². The summed E-state index contributed by atoms with van der Waals surface area (Å²) in [5, 5.41) is 4.80. The molecular weight excluding hydrogens is 208 g/mol. The van der Waals surface area contributed by atoms with Gasteiger partial charge in [-0.1, -0.05) is 18.9 Å². The molecule has 0 spiro atoms. The average Bonchev–Trinajstić information content (AvgIpc) is 3.08. The van der Waals surface area contributed by atoms with Crippen LogP contribution in [0.4, 0.5) is 0 Å². The summed E-state index contributed by atoms with van der Waals surface area (Å²) in [6.45, 7) is 3.69. The van der Waals surface area contributed by atoms with Crippen molar-refractivity contribution in [3.05, 3.63) is 12.7 Å². The van der Waals surface area contributed by atoms with E-state index in [0.717, 1.165) is 12.8 Å². The molecule has 88 valence electrons. The molecule has 1 atom stereocenters. The Balaban J connectivity index is 2.46. The molecule has 2 amide bonds. The number of ketones is 1. The number of carbonyl (C=O) groups is 3. The van der Waals surface area contributed by atoms with Gasteiger partial charge >= 0.3 is 0 Å². The minimum absolute atomic E-state index is 0.252. The van der Waals surface area contributed by atoms with E-state index in [1.54, 1.807) is 0 Å². The van der Waals surface area contributed by atoms with Gasteiger partial charge < -0.3 is 10.6 Å². The highest BCUT2D eigenvalue weighted by Crippen LogP contribution is 2.33. The molecule has 1 fully saturated rings. The van der Waals surface area contributed by atoms with E-state index in [4.69, 9.17) is 0 Å². The van der Waals surface area contributed by atoms with Crippen LogP contribution in [0.2, 0.25) is 0 Å². The molecule has 0 aromatic carbocycles. The van der Waals surface area contributed by atoms with Gasteiger partial charge in [-0.25, -0.2) is 0 Å². The predicted octanol–water partition coefficient (Wildman–Crippen LogP) is -0.228. The van der Waals surface area contributed by atoms with Gasteiger partial charge in [0.05, 0.1) is 6.04 Å². The second-order valence-electron chi connectivity index (χ2n) is 3.88. The van der Waals surface area contributed by atoms with Crippen molar-refractivity contribution in [1.29, 1.82) is 0 Å². The summed E-state index contributed by atoms with van der Waals surface area (Å²) in [6.07, 6.45) is 4.65. The van der Waals surface area contributed by atoms with Crippen molar-refractivity contribution in [3.8, 4) is 0 Å². The zero-order chi connectivity index (χ0) is 12.0. The predicted molar refractivity (Wildman–Crippen MR) is 58.5 cm³/mol. The number of amides is 2. The smallest absolute Gasteiger partial charge is 0.289 e. The fraction of sp³-hybridized carbons (Fsp3) is 0.545. The number of rotatable bonds is 8. The van der Waals surface area contributed by atoms with Gasteiger partial charge in [0.2, 0.25) is 12.2 Å². The quantitative estimate of drug-likeness (QED) is 0.340. The van der Waals surface area contributed by atoms with E-state index in [-0.39, 0.29) is 6.54 Å². The molecule has 1 saturated carbocycles. The molecule has 1 aliphatic rings. The van der Waals surface area contributed by atoms with Crippen LogP contribution in [0.3, 0.4) is 0 Å². The Morgan fingerprint density at radius 2 is 2.12 bits per heavy atom. The highest BCUT2D eigenvalue weighted by molar-refractivity contribution is 6.38. The molecular formula is C11H16N2O3. The first kappa shape index (κ1) is 12.4. The largest absolute Gasteiger partial charge is 0.348 e. The Hall–Kier alpha value is -1.65. The lowest BCUT2D eigenvalue weighted by atomic mass is 10.1. The van der Waals surface area contributed by atoms with Gasteiger partial charge in [-0.2, -0.15) is 0 Å². The van der Waals surface area contributed by atoms with Crippen LogP contribution >= 0.6 is 0 Å². The van der Waals surface area contributed by atoms with Crippen molar-refractivity contribution in [2.45, 2.75) is 25.3 Å². The lowest BCUT2D eigenvalue weighted by Crippen LogP contribution is -2.45. The minimum Gasteiger partial charge on any atom is -0.348 e. The monoisotopic (exact) mass is 224 g/mol. The van der Waals surface area contributed by atoms with E-state index in [9.17, 15) is 14.4 Å². The van der Waals surface area contributed by atoms with Gasteiger partial charge in [0.15, 0.2) is 0 Å². The minimum atomic E-state index is -0.685. The first-order valence-electron chi connectivity index (χ1n) is 5.31. The summed E-state index contributed by atoms with van der Waals surface area (Å²) in [4.78, 5) is 33.3. The summed E-state index contributed by atoms with van der Waals surface area (Å²) >= 11 is 0. The Morgan fingerprint density at radius 1 is 1.44 bits per heavy atom. The molecule has 5 nitrogen and oxygen atoms in total. The lowest BCUT2D eigenvalue weighted by Gasteiger charge is -2.13. The van der Waals surface area contributed by atoms with Crippen LogP contribution in [0.5, 0.6) is 0 Å². The highest BCUT2D eigenvalue weighted by atomic mass is 16.2. The molecule has 0 aliphatic heterocycles.